The van der Waals surface area contributed by atoms with Crippen LogP contribution in [0.3, 0.4) is 0 Å². The molecule has 0 saturated carbocycles. The van der Waals surface area contributed by atoms with E-state index >= 15 is 0 Å². The Morgan fingerprint density at radius 2 is 1.95 bits per heavy atom. The zero-order valence-electron chi connectivity index (χ0n) is 12.9. The summed E-state index contributed by atoms with van der Waals surface area (Å²) in [5, 5.41) is 3.03. The summed E-state index contributed by atoms with van der Waals surface area (Å²) in [5.74, 6) is 0.523. The number of carbonyl (C=O) groups is 1. The fraction of sp³-hybridized carbons (Fsp3) is 0.929. The van der Waals surface area contributed by atoms with Crippen LogP contribution in [0.2, 0.25) is 0 Å². The topological polar surface area (TPSA) is 61.6 Å². The number of hydrogen-bond acceptors (Lipinski definition) is 3. The van der Waals surface area contributed by atoms with E-state index in [4.69, 9.17) is 5.73 Å². The van der Waals surface area contributed by atoms with E-state index in [0.29, 0.717) is 5.92 Å². The fourth-order valence-electron chi connectivity index (χ4n) is 2.27. The first-order chi connectivity index (χ1) is 8.81. The van der Waals surface area contributed by atoms with Gasteiger partial charge in [-0.2, -0.15) is 0 Å². The van der Waals surface area contributed by atoms with Gasteiger partial charge in [0.1, 0.15) is 0 Å². The Hall–Kier alpha value is -0.810. The standard InChI is InChI=1S/C14H30N4O/c1-12(10-15)11-17-6-5-7-18(9-8-17)13(19)16-14(2,3)4/h12H,5-11,15H2,1-4H3,(H,16,19). The summed E-state index contributed by atoms with van der Waals surface area (Å²) in [5.41, 5.74) is 5.50. The summed E-state index contributed by atoms with van der Waals surface area (Å²) in [7, 11) is 0. The van der Waals surface area contributed by atoms with Crippen LogP contribution in [-0.4, -0.2) is 60.6 Å². The molecule has 5 nitrogen and oxygen atoms in total. The minimum atomic E-state index is -0.170. The van der Waals surface area contributed by atoms with Crippen molar-refractivity contribution in [3.8, 4) is 0 Å². The number of carbonyl (C=O) groups excluding carboxylic acids is 1. The van der Waals surface area contributed by atoms with E-state index in [-0.39, 0.29) is 11.6 Å². The molecule has 1 aliphatic rings. The number of hydrogen-bond donors (Lipinski definition) is 2. The van der Waals surface area contributed by atoms with E-state index in [1.165, 1.54) is 0 Å². The van der Waals surface area contributed by atoms with Gasteiger partial charge in [-0.05, 0) is 46.2 Å². The average Bonchev–Trinajstić information content (AvgIpc) is 2.52. The molecule has 19 heavy (non-hydrogen) atoms. The van der Waals surface area contributed by atoms with Gasteiger partial charge in [-0.25, -0.2) is 4.79 Å². The molecule has 112 valence electrons. The third-order valence-corrected chi connectivity index (χ3v) is 3.33. The molecule has 1 heterocycles. The van der Waals surface area contributed by atoms with Gasteiger partial charge in [0, 0.05) is 31.7 Å². The van der Waals surface area contributed by atoms with E-state index < -0.39 is 0 Å². The molecular weight excluding hydrogens is 240 g/mol. The number of amides is 2. The van der Waals surface area contributed by atoms with Crippen LogP contribution in [0.5, 0.6) is 0 Å². The zero-order valence-corrected chi connectivity index (χ0v) is 12.9. The lowest BCUT2D eigenvalue weighted by Gasteiger charge is -2.28. The van der Waals surface area contributed by atoms with E-state index in [9.17, 15) is 4.79 Å². The highest BCUT2D eigenvalue weighted by atomic mass is 16.2. The summed E-state index contributed by atoms with van der Waals surface area (Å²) in [6.45, 7) is 13.6. The second kappa shape index (κ2) is 7.10. The van der Waals surface area contributed by atoms with Crippen LogP contribution in [0.15, 0.2) is 0 Å². The van der Waals surface area contributed by atoms with E-state index in [0.717, 1.165) is 45.7 Å². The molecular formula is C14H30N4O. The van der Waals surface area contributed by atoms with Gasteiger partial charge in [0.2, 0.25) is 0 Å². The summed E-state index contributed by atoms with van der Waals surface area (Å²) in [6, 6.07) is 0.0567. The highest BCUT2D eigenvalue weighted by molar-refractivity contribution is 5.74. The van der Waals surface area contributed by atoms with Gasteiger partial charge in [-0.15, -0.1) is 0 Å². The van der Waals surface area contributed by atoms with Crippen molar-refractivity contribution >= 4 is 6.03 Å². The molecule has 1 fully saturated rings. The molecule has 1 rings (SSSR count). The average molecular weight is 270 g/mol. The molecule has 0 aliphatic carbocycles. The van der Waals surface area contributed by atoms with Gasteiger partial charge in [-0.3, -0.25) is 0 Å². The second-order valence-electron chi connectivity index (χ2n) is 6.66. The predicted octanol–water partition coefficient (Wildman–Crippen LogP) is 1.10. The molecule has 2 amide bonds. The highest BCUT2D eigenvalue weighted by Gasteiger charge is 2.22. The summed E-state index contributed by atoms with van der Waals surface area (Å²) in [6.07, 6.45) is 1.04. The molecule has 0 aromatic carbocycles. The van der Waals surface area contributed by atoms with Crippen LogP contribution in [0.4, 0.5) is 4.79 Å². The van der Waals surface area contributed by atoms with Crippen LogP contribution in [-0.2, 0) is 0 Å². The Labute approximate surface area is 117 Å². The van der Waals surface area contributed by atoms with E-state index in [2.05, 4.69) is 17.1 Å². The van der Waals surface area contributed by atoms with E-state index in [1.807, 2.05) is 25.7 Å². The minimum Gasteiger partial charge on any atom is -0.333 e. The van der Waals surface area contributed by atoms with Crippen LogP contribution in [0.25, 0.3) is 0 Å². The number of nitrogens with zero attached hydrogens (tertiary/aromatic N) is 2. The molecule has 5 heteroatoms. The fourth-order valence-corrected chi connectivity index (χ4v) is 2.27. The Balaban J connectivity index is 2.43. The van der Waals surface area contributed by atoms with Crippen molar-refractivity contribution in [2.45, 2.75) is 39.7 Å². The first-order valence-corrected chi connectivity index (χ1v) is 7.31. The van der Waals surface area contributed by atoms with Crippen molar-refractivity contribution in [1.29, 1.82) is 0 Å². The van der Waals surface area contributed by atoms with Gasteiger partial charge >= 0.3 is 6.03 Å². The third-order valence-electron chi connectivity index (χ3n) is 3.33. The Kier molecular flexibility index (Phi) is 6.07. The van der Waals surface area contributed by atoms with Crippen LogP contribution in [0, 0.1) is 5.92 Å². The van der Waals surface area contributed by atoms with Gasteiger partial charge in [0.15, 0.2) is 0 Å². The molecule has 1 saturated heterocycles. The number of nitrogens with two attached hydrogens (primary N) is 1. The highest BCUT2D eigenvalue weighted by Crippen LogP contribution is 2.08. The zero-order chi connectivity index (χ0) is 14.5. The maximum Gasteiger partial charge on any atom is 0.317 e. The van der Waals surface area contributed by atoms with Crippen LogP contribution >= 0.6 is 0 Å². The Bertz CT molecular complexity index is 288. The molecule has 0 bridgehead atoms. The lowest BCUT2D eigenvalue weighted by Crippen LogP contribution is -2.49. The third kappa shape index (κ3) is 6.25. The van der Waals surface area contributed by atoms with Gasteiger partial charge < -0.3 is 20.9 Å². The summed E-state index contributed by atoms with van der Waals surface area (Å²) in [4.78, 5) is 16.5. The first-order valence-electron chi connectivity index (χ1n) is 7.31. The van der Waals surface area contributed by atoms with Crippen molar-refractivity contribution in [1.82, 2.24) is 15.1 Å². The Morgan fingerprint density at radius 3 is 2.53 bits per heavy atom. The maximum absolute atomic E-state index is 12.1. The summed E-state index contributed by atoms with van der Waals surface area (Å²) >= 11 is 0. The quantitative estimate of drug-likeness (QED) is 0.807. The van der Waals surface area contributed by atoms with Crippen LogP contribution < -0.4 is 11.1 Å². The maximum atomic E-state index is 12.1. The van der Waals surface area contributed by atoms with Gasteiger partial charge in [0.25, 0.3) is 0 Å². The molecule has 0 aromatic heterocycles. The SMILES string of the molecule is CC(CN)CN1CCCN(C(=O)NC(C)(C)C)CC1. The lowest BCUT2D eigenvalue weighted by atomic mass is 10.1. The van der Waals surface area contributed by atoms with Crippen molar-refractivity contribution in [2.75, 3.05) is 39.3 Å². The molecule has 1 unspecified atom stereocenters. The van der Waals surface area contributed by atoms with Crippen molar-refractivity contribution < 1.29 is 4.79 Å². The molecule has 0 radical (unpaired) electrons. The number of urea groups is 1. The monoisotopic (exact) mass is 270 g/mol. The smallest absolute Gasteiger partial charge is 0.317 e. The summed E-state index contributed by atoms with van der Waals surface area (Å²) < 4.78 is 0. The molecule has 0 aromatic rings. The molecule has 1 atom stereocenters. The Morgan fingerprint density at radius 1 is 1.26 bits per heavy atom. The van der Waals surface area contributed by atoms with Crippen molar-refractivity contribution in [3.05, 3.63) is 0 Å². The van der Waals surface area contributed by atoms with Crippen molar-refractivity contribution in [3.63, 3.8) is 0 Å². The number of nitrogens with one attached hydrogen (secondary N) is 1. The lowest BCUT2D eigenvalue weighted by molar-refractivity contribution is 0.188. The predicted molar refractivity (Wildman–Crippen MR) is 79.1 cm³/mol. The largest absolute Gasteiger partial charge is 0.333 e. The minimum absolute atomic E-state index is 0.0567. The molecule has 1 aliphatic heterocycles. The normalized spacial score (nSPS) is 19.9. The molecule has 3 N–H and O–H groups in total. The first kappa shape index (κ1) is 16.2. The van der Waals surface area contributed by atoms with Gasteiger partial charge in [-0.1, -0.05) is 6.92 Å². The van der Waals surface area contributed by atoms with Crippen LogP contribution in [0.1, 0.15) is 34.1 Å². The number of rotatable bonds is 3. The van der Waals surface area contributed by atoms with E-state index in [1.54, 1.807) is 0 Å². The van der Waals surface area contributed by atoms with Gasteiger partial charge in [0.05, 0.1) is 0 Å². The molecule has 0 spiro atoms. The second-order valence-corrected chi connectivity index (χ2v) is 6.66. The van der Waals surface area contributed by atoms with Crippen molar-refractivity contribution in [2.24, 2.45) is 11.7 Å².